The van der Waals surface area contributed by atoms with Gasteiger partial charge in [-0.25, -0.2) is 4.39 Å². The lowest BCUT2D eigenvalue weighted by Gasteiger charge is -2.10. The molecule has 0 aliphatic heterocycles. The molecule has 0 aliphatic rings. The molecule has 0 radical (unpaired) electrons. The number of carbonyl (C=O) groups is 2. The van der Waals surface area contributed by atoms with Gasteiger partial charge in [-0.1, -0.05) is 0 Å². The minimum absolute atomic E-state index is 0.0422. The first-order valence-electron chi connectivity index (χ1n) is 6.68. The quantitative estimate of drug-likeness (QED) is 0.836. The maximum atomic E-state index is 13.6. The zero-order valence-corrected chi connectivity index (χ0v) is 12.3. The van der Waals surface area contributed by atoms with Crippen molar-refractivity contribution in [1.29, 1.82) is 0 Å². The lowest BCUT2D eigenvalue weighted by atomic mass is 10.2. The Kier molecular flexibility index (Phi) is 4.91. The van der Waals surface area contributed by atoms with Crippen LogP contribution >= 0.6 is 0 Å². The van der Waals surface area contributed by atoms with Gasteiger partial charge in [-0.05, 0) is 30.3 Å². The molecule has 0 saturated heterocycles. The number of halogens is 4. The molecule has 5 nitrogen and oxygen atoms in total. The summed E-state index contributed by atoms with van der Waals surface area (Å²) in [5, 5.41) is 4.47. The molecule has 9 heteroatoms. The van der Waals surface area contributed by atoms with Crippen LogP contribution in [-0.2, 0) is 17.5 Å². The summed E-state index contributed by atoms with van der Waals surface area (Å²) in [6.07, 6.45) is -4.66. The van der Waals surface area contributed by atoms with Gasteiger partial charge in [-0.2, -0.15) is 13.2 Å². The maximum absolute atomic E-state index is 13.6. The third-order valence-corrected chi connectivity index (χ3v) is 2.94. The Hall–Kier alpha value is -2.84. The van der Waals surface area contributed by atoms with E-state index in [1.54, 1.807) is 0 Å². The molecular weight excluding hydrogens is 332 g/mol. The Morgan fingerprint density at radius 2 is 1.88 bits per heavy atom. The summed E-state index contributed by atoms with van der Waals surface area (Å²) in [5.41, 5.74) is -1.71. The molecule has 2 N–H and O–H groups in total. The summed E-state index contributed by atoms with van der Waals surface area (Å²) in [6.45, 7) is 1.34. The molecule has 0 atom stereocenters. The van der Waals surface area contributed by atoms with Gasteiger partial charge in [0.05, 0.1) is 17.8 Å². The highest BCUT2D eigenvalue weighted by molar-refractivity contribution is 6.02. The van der Waals surface area contributed by atoms with Crippen molar-refractivity contribution in [2.45, 2.75) is 19.6 Å². The maximum Gasteiger partial charge on any atom is 0.416 e. The average Bonchev–Trinajstić information content (AvgIpc) is 2.95. The van der Waals surface area contributed by atoms with E-state index in [4.69, 9.17) is 4.42 Å². The fourth-order valence-electron chi connectivity index (χ4n) is 1.79. The van der Waals surface area contributed by atoms with Gasteiger partial charge in [0.25, 0.3) is 5.91 Å². The van der Waals surface area contributed by atoms with Crippen LogP contribution in [0.25, 0.3) is 0 Å². The highest BCUT2D eigenvalue weighted by Crippen LogP contribution is 2.32. The Morgan fingerprint density at radius 1 is 1.17 bits per heavy atom. The van der Waals surface area contributed by atoms with Crippen molar-refractivity contribution in [3.05, 3.63) is 53.2 Å². The van der Waals surface area contributed by atoms with Crippen LogP contribution in [0.2, 0.25) is 0 Å². The first-order valence-corrected chi connectivity index (χ1v) is 6.68. The molecule has 128 valence electrons. The Bertz CT molecular complexity index is 768. The topological polar surface area (TPSA) is 71.3 Å². The molecule has 2 rings (SSSR count). The number of carbonyl (C=O) groups excluding carboxylic acids is 2. The second-order valence-electron chi connectivity index (χ2n) is 4.82. The summed E-state index contributed by atoms with van der Waals surface area (Å²) < 4.78 is 56.6. The molecule has 2 aromatic rings. The number of amides is 2. The van der Waals surface area contributed by atoms with Crippen LogP contribution in [0.5, 0.6) is 0 Å². The number of benzene rings is 1. The SMILES string of the molecule is CC(=O)NCc1ccc(C(=O)Nc2cc(C(F)(F)F)ccc2F)o1. The first-order chi connectivity index (χ1) is 11.2. The first kappa shape index (κ1) is 17.5. The van der Waals surface area contributed by atoms with Crippen molar-refractivity contribution in [3.63, 3.8) is 0 Å². The van der Waals surface area contributed by atoms with Gasteiger partial charge < -0.3 is 15.1 Å². The van der Waals surface area contributed by atoms with Gasteiger partial charge in [0, 0.05) is 6.92 Å². The van der Waals surface area contributed by atoms with Gasteiger partial charge >= 0.3 is 6.18 Å². The number of nitrogens with one attached hydrogen (secondary N) is 2. The van der Waals surface area contributed by atoms with Crippen LogP contribution < -0.4 is 10.6 Å². The number of alkyl halides is 3. The number of hydrogen-bond donors (Lipinski definition) is 2. The minimum Gasteiger partial charge on any atom is -0.454 e. The molecule has 24 heavy (non-hydrogen) atoms. The van der Waals surface area contributed by atoms with E-state index < -0.39 is 29.2 Å². The summed E-state index contributed by atoms with van der Waals surface area (Å²) in [4.78, 5) is 22.7. The second-order valence-corrected chi connectivity index (χ2v) is 4.82. The van der Waals surface area contributed by atoms with Crippen molar-refractivity contribution in [2.75, 3.05) is 5.32 Å². The number of furan rings is 1. The van der Waals surface area contributed by atoms with Gasteiger partial charge in [0.2, 0.25) is 5.91 Å². The van der Waals surface area contributed by atoms with Crippen LogP contribution in [0.15, 0.2) is 34.7 Å². The fraction of sp³-hybridized carbons (Fsp3) is 0.200. The van der Waals surface area contributed by atoms with Gasteiger partial charge in [-0.3, -0.25) is 9.59 Å². The Labute approximate surface area is 133 Å². The van der Waals surface area contributed by atoms with E-state index in [2.05, 4.69) is 5.32 Å². The normalized spacial score (nSPS) is 11.2. The lowest BCUT2D eigenvalue weighted by molar-refractivity contribution is -0.137. The second kappa shape index (κ2) is 6.73. The zero-order valence-electron chi connectivity index (χ0n) is 12.3. The molecule has 1 heterocycles. The van der Waals surface area contributed by atoms with Crippen molar-refractivity contribution >= 4 is 17.5 Å². The van der Waals surface area contributed by atoms with Crippen molar-refractivity contribution < 1.29 is 31.6 Å². The fourth-order valence-corrected chi connectivity index (χ4v) is 1.79. The molecule has 0 spiro atoms. The minimum atomic E-state index is -4.66. The summed E-state index contributed by atoms with van der Waals surface area (Å²) in [6, 6.07) is 4.35. The molecule has 2 amide bonds. The predicted octanol–water partition coefficient (Wildman–Crippen LogP) is 3.33. The Balaban J connectivity index is 2.13. The summed E-state index contributed by atoms with van der Waals surface area (Å²) >= 11 is 0. The average molecular weight is 344 g/mol. The predicted molar refractivity (Wildman–Crippen MR) is 75.6 cm³/mol. The third-order valence-electron chi connectivity index (χ3n) is 2.94. The van der Waals surface area contributed by atoms with Crippen LogP contribution in [0.1, 0.15) is 28.8 Å². The van der Waals surface area contributed by atoms with E-state index in [0.717, 1.165) is 0 Å². The Morgan fingerprint density at radius 3 is 2.50 bits per heavy atom. The molecule has 1 aromatic heterocycles. The highest BCUT2D eigenvalue weighted by Gasteiger charge is 2.31. The van der Waals surface area contributed by atoms with E-state index in [9.17, 15) is 27.2 Å². The molecular formula is C15H12F4N2O3. The van der Waals surface area contributed by atoms with Crippen molar-refractivity contribution in [3.8, 4) is 0 Å². The van der Waals surface area contributed by atoms with Crippen LogP contribution in [0.3, 0.4) is 0 Å². The smallest absolute Gasteiger partial charge is 0.416 e. The van der Waals surface area contributed by atoms with Crippen LogP contribution in [0, 0.1) is 5.82 Å². The molecule has 0 bridgehead atoms. The largest absolute Gasteiger partial charge is 0.454 e. The molecule has 0 fully saturated rings. The standard InChI is InChI=1S/C15H12F4N2O3/c1-8(22)20-7-10-3-5-13(24-10)14(23)21-12-6-9(15(17,18)19)2-4-11(12)16/h2-6H,7H2,1H3,(H,20,22)(H,21,23). The molecule has 0 unspecified atom stereocenters. The number of rotatable bonds is 4. The number of hydrogen-bond acceptors (Lipinski definition) is 3. The van der Waals surface area contributed by atoms with E-state index in [1.807, 2.05) is 5.32 Å². The van der Waals surface area contributed by atoms with Crippen molar-refractivity contribution in [1.82, 2.24) is 5.32 Å². The highest BCUT2D eigenvalue weighted by atomic mass is 19.4. The van der Waals surface area contributed by atoms with Crippen LogP contribution in [-0.4, -0.2) is 11.8 Å². The van der Waals surface area contributed by atoms with E-state index in [1.165, 1.54) is 19.1 Å². The monoisotopic (exact) mass is 344 g/mol. The van der Waals surface area contributed by atoms with Gasteiger partial charge in [0.15, 0.2) is 5.76 Å². The van der Waals surface area contributed by atoms with E-state index in [0.29, 0.717) is 18.2 Å². The van der Waals surface area contributed by atoms with E-state index >= 15 is 0 Å². The van der Waals surface area contributed by atoms with Crippen LogP contribution in [0.4, 0.5) is 23.2 Å². The third kappa shape index (κ3) is 4.34. The summed E-state index contributed by atoms with van der Waals surface area (Å²) in [7, 11) is 0. The zero-order chi connectivity index (χ0) is 17.9. The van der Waals surface area contributed by atoms with E-state index in [-0.39, 0.29) is 24.0 Å². The molecule has 0 saturated carbocycles. The van der Waals surface area contributed by atoms with Gasteiger partial charge in [-0.15, -0.1) is 0 Å². The molecule has 1 aromatic carbocycles. The lowest BCUT2D eigenvalue weighted by Crippen LogP contribution is -2.18. The number of anilines is 1. The van der Waals surface area contributed by atoms with Crippen molar-refractivity contribution in [2.24, 2.45) is 0 Å². The molecule has 0 aliphatic carbocycles. The summed E-state index contributed by atoms with van der Waals surface area (Å²) in [5.74, 6) is -2.20. The van der Waals surface area contributed by atoms with Gasteiger partial charge in [0.1, 0.15) is 11.6 Å².